The second kappa shape index (κ2) is 11.2. The first-order valence-corrected chi connectivity index (χ1v) is 13.0. The quantitative estimate of drug-likeness (QED) is 0.415. The maximum atomic E-state index is 13.4. The van der Waals surface area contributed by atoms with E-state index in [1.54, 1.807) is 12.3 Å². The van der Waals surface area contributed by atoms with Crippen LogP contribution in [0.15, 0.2) is 77.8 Å². The summed E-state index contributed by atoms with van der Waals surface area (Å²) in [7, 11) is 2.12. The maximum Gasteiger partial charge on any atom is 0.461 e. The normalized spacial score (nSPS) is 20.3. The largest absolute Gasteiger partial charge is 0.461 e. The van der Waals surface area contributed by atoms with Gasteiger partial charge in [0.05, 0.1) is 17.1 Å². The van der Waals surface area contributed by atoms with E-state index >= 15 is 0 Å². The standard InChI is InChI=1S/C29H31F4N5O/c1-20-6-8-25-24(18-21-4-3-5-23(17-21)39-29(32,33)28(30)31)34-10-11-38(25)26(16-20)22-7-9-27(35-19-22)37-14-12-36(2)13-15-37/h3-5,7-11,16-17,19-20,28H,6,12-15,18H2,1-2H3. The molecule has 0 bridgehead atoms. The number of likely N-dealkylation sites (N-methyl/N-ethyl adjacent to an activating group) is 1. The van der Waals surface area contributed by atoms with Crippen molar-refractivity contribution in [1.29, 1.82) is 0 Å². The number of hydrogen-bond donors (Lipinski definition) is 0. The van der Waals surface area contributed by atoms with E-state index in [1.807, 2.05) is 12.4 Å². The van der Waals surface area contributed by atoms with E-state index < -0.39 is 12.5 Å². The van der Waals surface area contributed by atoms with Gasteiger partial charge in [-0.15, -0.1) is 0 Å². The smallest absolute Gasteiger partial charge is 0.428 e. The Kier molecular flexibility index (Phi) is 7.74. The molecule has 0 amide bonds. The Morgan fingerprint density at radius 2 is 1.87 bits per heavy atom. The third-order valence-electron chi connectivity index (χ3n) is 7.04. The number of benzene rings is 1. The van der Waals surface area contributed by atoms with Crippen LogP contribution in [0, 0.1) is 5.92 Å². The molecular weight excluding hydrogens is 510 g/mol. The summed E-state index contributed by atoms with van der Waals surface area (Å²) in [5.41, 5.74) is 4.20. The average molecular weight is 542 g/mol. The minimum Gasteiger partial charge on any atom is -0.428 e. The Balaban J connectivity index is 1.35. The minimum absolute atomic E-state index is 0.262. The van der Waals surface area contributed by atoms with Crippen LogP contribution in [0.5, 0.6) is 5.75 Å². The number of aromatic nitrogens is 1. The molecule has 1 saturated heterocycles. The molecule has 1 aromatic heterocycles. The van der Waals surface area contributed by atoms with Gasteiger partial charge in [0.15, 0.2) is 0 Å². The highest BCUT2D eigenvalue weighted by Crippen LogP contribution is 2.34. The number of piperazine rings is 1. The third-order valence-corrected chi connectivity index (χ3v) is 7.04. The van der Waals surface area contributed by atoms with Gasteiger partial charge in [-0.2, -0.15) is 17.6 Å². The molecule has 2 aromatic rings. The zero-order chi connectivity index (χ0) is 27.6. The first-order chi connectivity index (χ1) is 18.7. The Labute approximate surface area is 225 Å². The number of nitrogens with zero attached hydrogens (tertiary/aromatic N) is 5. The SMILES string of the molecule is CC1C=C(c2ccc(N3CCN(C)CC3)nc2)N2C=CN=C(Cc3cccc(OC(F)(F)C(F)F)c3)C2=CC1. The number of fused-ring (bicyclic) bond motifs is 1. The van der Waals surface area contributed by atoms with E-state index in [0.717, 1.165) is 61.1 Å². The minimum atomic E-state index is -4.56. The Hall–Kier alpha value is -3.66. The van der Waals surface area contributed by atoms with Crippen molar-refractivity contribution in [3.8, 4) is 5.75 Å². The first-order valence-electron chi connectivity index (χ1n) is 13.0. The van der Waals surface area contributed by atoms with Gasteiger partial charge >= 0.3 is 12.5 Å². The van der Waals surface area contributed by atoms with Gasteiger partial charge < -0.3 is 19.4 Å². The topological polar surface area (TPSA) is 44.2 Å². The lowest BCUT2D eigenvalue weighted by Gasteiger charge is -2.33. The lowest BCUT2D eigenvalue weighted by atomic mass is 10.0. The first kappa shape index (κ1) is 26.9. The molecule has 1 unspecified atom stereocenters. The number of halogens is 4. The maximum absolute atomic E-state index is 13.4. The molecular formula is C29H31F4N5O. The van der Waals surface area contributed by atoms with Crippen LogP contribution in [0.3, 0.4) is 0 Å². The van der Waals surface area contributed by atoms with E-state index in [0.29, 0.717) is 12.0 Å². The molecule has 0 radical (unpaired) electrons. The molecule has 39 heavy (non-hydrogen) atoms. The summed E-state index contributed by atoms with van der Waals surface area (Å²) in [6.45, 7) is 6.04. The summed E-state index contributed by atoms with van der Waals surface area (Å²) in [5, 5.41) is 0. The molecule has 1 atom stereocenters. The second-order valence-corrected chi connectivity index (χ2v) is 10.1. The summed E-state index contributed by atoms with van der Waals surface area (Å²) in [4.78, 5) is 16.0. The zero-order valence-corrected chi connectivity index (χ0v) is 21.9. The summed E-state index contributed by atoms with van der Waals surface area (Å²) in [5.74, 6) is 0.899. The Morgan fingerprint density at radius 1 is 1.08 bits per heavy atom. The van der Waals surface area contributed by atoms with Gasteiger partial charge in [0, 0.05) is 56.8 Å². The molecule has 1 aromatic carbocycles. The highest BCUT2D eigenvalue weighted by Gasteiger charge is 2.44. The molecule has 3 aliphatic heterocycles. The van der Waals surface area contributed by atoms with Crippen molar-refractivity contribution in [3.63, 3.8) is 0 Å². The van der Waals surface area contributed by atoms with Gasteiger partial charge in [-0.3, -0.25) is 4.99 Å². The highest BCUT2D eigenvalue weighted by molar-refractivity contribution is 6.03. The predicted octanol–water partition coefficient (Wildman–Crippen LogP) is 5.81. The molecule has 0 spiro atoms. The van der Waals surface area contributed by atoms with Gasteiger partial charge in [0.25, 0.3) is 0 Å². The molecule has 0 N–H and O–H groups in total. The van der Waals surface area contributed by atoms with Crippen LogP contribution in [0.4, 0.5) is 23.4 Å². The lowest BCUT2D eigenvalue weighted by Crippen LogP contribution is -2.44. The van der Waals surface area contributed by atoms with Gasteiger partial charge in [-0.25, -0.2) is 4.98 Å². The van der Waals surface area contributed by atoms with E-state index in [9.17, 15) is 17.6 Å². The van der Waals surface area contributed by atoms with E-state index in [1.165, 1.54) is 18.2 Å². The molecule has 10 heteroatoms. The number of rotatable bonds is 7. The molecule has 6 nitrogen and oxygen atoms in total. The fraction of sp³-hybridized carbons (Fsp3) is 0.379. The Morgan fingerprint density at radius 3 is 2.59 bits per heavy atom. The molecule has 4 heterocycles. The summed E-state index contributed by atoms with van der Waals surface area (Å²) >= 11 is 0. The molecule has 206 valence electrons. The number of hydrogen-bond acceptors (Lipinski definition) is 6. The van der Waals surface area contributed by atoms with Crippen LogP contribution in [-0.4, -0.2) is 66.3 Å². The van der Waals surface area contributed by atoms with Crippen molar-refractivity contribution in [3.05, 3.63) is 84.0 Å². The fourth-order valence-corrected chi connectivity index (χ4v) is 4.86. The van der Waals surface area contributed by atoms with Crippen molar-refractivity contribution in [2.45, 2.75) is 32.3 Å². The molecule has 1 fully saturated rings. The molecule has 5 rings (SSSR count). The number of ether oxygens (including phenoxy) is 1. The molecule has 3 aliphatic rings. The zero-order valence-electron chi connectivity index (χ0n) is 21.9. The summed E-state index contributed by atoms with van der Waals surface area (Å²) in [6.07, 6.45) is 2.45. The third kappa shape index (κ3) is 6.16. The van der Waals surface area contributed by atoms with Crippen LogP contribution in [0.25, 0.3) is 5.70 Å². The second-order valence-electron chi connectivity index (χ2n) is 10.1. The summed E-state index contributed by atoms with van der Waals surface area (Å²) in [6, 6.07) is 9.97. The van der Waals surface area contributed by atoms with Crippen molar-refractivity contribution >= 4 is 17.2 Å². The number of anilines is 1. The lowest BCUT2D eigenvalue weighted by molar-refractivity contribution is -0.253. The number of pyridine rings is 1. The van der Waals surface area contributed by atoms with Crippen molar-refractivity contribution in [2.24, 2.45) is 10.9 Å². The highest BCUT2D eigenvalue weighted by atomic mass is 19.3. The average Bonchev–Trinajstić information content (AvgIpc) is 3.08. The van der Waals surface area contributed by atoms with Crippen LogP contribution in [0.2, 0.25) is 0 Å². The van der Waals surface area contributed by atoms with Crippen molar-refractivity contribution in [2.75, 3.05) is 38.1 Å². The van der Waals surface area contributed by atoms with Crippen LogP contribution in [0.1, 0.15) is 24.5 Å². The van der Waals surface area contributed by atoms with Crippen molar-refractivity contribution in [1.82, 2.24) is 14.8 Å². The molecule has 0 saturated carbocycles. The van der Waals surface area contributed by atoms with E-state index in [4.69, 9.17) is 4.98 Å². The van der Waals surface area contributed by atoms with E-state index in [-0.39, 0.29) is 11.7 Å². The fourth-order valence-electron chi connectivity index (χ4n) is 4.86. The molecule has 0 aliphatic carbocycles. The van der Waals surface area contributed by atoms with Crippen molar-refractivity contribution < 1.29 is 22.3 Å². The van der Waals surface area contributed by atoms with Gasteiger partial charge in [-0.1, -0.05) is 31.2 Å². The Bertz CT molecular complexity index is 1300. The van der Waals surface area contributed by atoms with Gasteiger partial charge in [0.2, 0.25) is 0 Å². The van der Waals surface area contributed by atoms with E-state index in [2.05, 4.69) is 62.7 Å². The predicted molar refractivity (Wildman–Crippen MR) is 144 cm³/mol. The summed E-state index contributed by atoms with van der Waals surface area (Å²) < 4.78 is 56.4. The van der Waals surface area contributed by atoms with Gasteiger partial charge in [0.1, 0.15) is 11.6 Å². The number of aliphatic imine (C=N–C) groups is 1. The van der Waals surface area contributed by atoms with Crippen LogP contribution >= 0.6 is 0 Å². The van der Waals surface area contributed by atoms with Crippen LogP contribution < -0.4 is 9.64 Å². The van der Waals surface area contributed by atoms with Gasteiger partial charge in [-0.05, 0) is 49.2 Å². The number of alkyl halides is 4. The monoisotopic (exact) mass is 541 g/mol. The van der Waals surface area contributed by atoms with Crippen LogP contribution in [-0.2, 0) is 6.42 Å². The number of allylic oxidation sites excluding steroid dienone is 3.